The zero-order chi connectivity index (χ0) is 18.1. The van der Waals surface area contributed by atoms with Crippen molar-refractivity contribution in [3.8, 4) is 23.2 Å². The second kappa shape index (κ2) is 6.38. The summed E-state index contributed by atoms with van der Waals surface area (Å²) in [4.78, 5) is 4.50. The number of benzene rings is 3. The molecule has 3 aromatic carbocycles. The van der Waals surface area contributed by atoms with Crippen LogP contribution < -0.4 is 0 Å². The zero-order valence-electron chi connectivity index (χ0n) is 14.1. The SMILES string of the molecule is Cc1ccc2nc(-c3ccc(C#Cc4ccc(F)cc4)cc3)n(O)c2c1. The zero-order valence-corrected chi connectivity index (χ0v) is 14.1. The Kier molecular flexibility index (Phi) is 3.91. The topological polar surface area (TPSA) is 38.0 Å². The van der Waals surface area contributed by atoms with E-state index < -0.39 is 0 Å². The van der Waals surface area contributed by atoms with Gasteiger partial charge in [-0.05, 0) is 73.2 Å². The van der Waals surface area contributed by atoms with E-state index in [2.05, 4.69) is 16.8 Å². The molecule has 1 heterocycles. The van der Waals surface area contributed by atoms with Crippen LogP contribution >= 0.6 is 0 Å². The van der Waals surface area contributed by atoms with Gasteiger partial charge in [-0.1, -0.05) is 17.9 Å². The van der Waals surface area contributed by atoms with Gasteiger partial charge < -0.3 is 5.21 Å². The van der Waals surface area contributed by atoms with E-state index in [0.29, 0.717) is 11.3 Å². The lowest BCUT2D eigenvalue weighted by atomic mass is 10.1. The molecular formula is C22H15FN2O. The van der Waals surface area contributed by atoms with E-state index in [0.717, 1.165) is 32.5 Å². The molecule has 0 atom stereocenters. The molecule has 4 heteroatoms. The lowest BCUT2D eigenvalue weighted by Crippen LogP contribution is -1.94. The third-order valence-corrected chi connectivity index (χ3v) is 4.12. The quantitative estimate of drug-likeness (QED) is 0.399. The van der Waals surface area contributed by atoms with E-state index in [1.807, 2.05) is 49.4 Å². The predicted molar refractivity (Wildman–Crippen MR) is 99.5 cm³/mol. The Labute approximate surface area is 150 Å². The molecule has 0 fully saturated rings. The minimum atomic E-state index is -0.276. The Morgan fingerprint density at radius 3 is 2.15 bits per heavy atom. The number of rotatable bonds is 1. The second-order valence-electron chi connectivity index (χ2n) is 6.07. The molecule has 0 aliphatic carbocycles. The van der Waals surface area contributed by atoms with Gasteiger partial charge in [-0.25, -0.2) is 9.37 Å². The first-order valence-corrected chi connectivity index (χ1v) is 8.16. The first-order chi connectivity index (χ1) is 12.6. The average Bonchev–Trinajstić information content (AvgIpc) is 2.98. The largest absolute Gasteiger partial charge is 0.426 e. The fourth-order valence-corrected chi connectivity index (χ4v) is 2.74. The van der Waals surface area contributed by atoms with Crippen LogP contribution in [0.3, 0.4) is 0 Å². The number of imidazole rings is 1. The number of hydrogen-bond acceptors (Lipinski definition) is 2. The fraction of sp³-hybridized carbons (Fsp3) is 0.0455. The maximum atomic E-state index is 12.9. The van der Waals surface area contributed by atoms with Crippen molar-refractivity contribution in [2.45, 2.75) is 6.92 Å². The number of aromatic nitrogens is 2. The maximum absolute atomic E-state index is 12.9. The van der Waals surface area contributed by atoms with Gasteiger partial charge in [-0.2, -0.15) is 4.73 Å². The van der Waals surface area contributed by atoms with Crippen LogP contribution in [0.2, 0.25) is 0 Å². The first kappa shape index (κ1) is 15.9. The van der Waals surface area contributed by atoms with E-state index in [4.69, 9.17) is 0 Å². The molecule has 4 rings (SSSR count). The van der Waals surface area contributed by atoms with Gasteiger partial charge in [0.25, 0.3) is 0 Å². The van der Waals surface area contributed by atoms with Gasteiger partial charge in [0, 0.05) is 16.7 Å². The van der Waals surface area contributed by atoms with Gasteiger partial charge in [0.05, 0.1) is 5.52 Å². The fourth-order valence-electron chi connectivity index (χ4n) is 2.74. The Morgan fingerprint density at radius 1 is 0.885 bits per heavy atom. The van der Waals surface area contributed by atoms with Crippen LogP contribution in [0.4, 0.5) is 4.39 Å². The molecule has 4 aromatic rings. The Bertz CT molecular complexity index is 1150. The molecule has 0 saturated heterocycles. The number of nitrogens with zero attached hydrogens (tertiary/aromatic N) is 2. The molecule has 1 N–H and O–H groups in total. The Hall–Kier alpha value is -3.58. The van der Waals surface area contributed by atoms with Crippen LogP contribution in [0, 0.1) is 24.6 Å². The van der Waals surface area contributed by atoms with E-state index in [1.54, 1.807) is 12.1 Å². The molecular weight excluding hydrogens is 327 g/mol. The molecule has 0 amide bonds. The smallest absolute Gasteiger partial charge is 0.176 e. The summed E-state index contributed by atoms with van der Waals surface area (Å²) in [5, 5.41) is 10.4. The monoisotopic (exact) mass is 342 g/mol. The molecule has 0 aliphatic heterocycles. The number of hydrogen-bond donors (Lipinski definition) is 1. The summed E-state index contributed by atoms with van der Waals surface area (Å²) < 4.78 is 14.0. The Balaban J connectivity index is 1.64. The highest BCUT2D eigenvalue weighted by molar-refractivity contribution is 5.80. The van der Waals surface area contributed by atoms with Crippen molar-refractivity contribution in [2.24, 2.45) is 0 Å². The Morgan fingerprint density at radius 2 is 1.50 bits per heavy atom. The normalized spacial score (nSPS) is 10.5. The van der Waals surface area contributed by atoms with E-state index in [1.165, 1.54) is 12.1 Å². The summed E-state index contributed by atoms with van der Waals surface area (Å²) in [5.74, 6) is 6.26. The highest BCUT2D eigenvalue weighted by Gasteiger charge is 2.11. The van der Waals surface area contributed by atoms with Crippen LogP contribution in [0.5, 0.6) is 0 Å². The molecule has 0 spiro atoms. The van der Waals surface area contributed by atoms with Crippen molar-refractivity contribution >= 4 is 11.0 Å². The molecule has 0 bridgehead atoms. The highest BCUT2D eigenvalue weighted by Crippen LogP contribution is 2.24. The summed E-state index contributed by atoms with van der Waals surface area (Å²) in [5.41, 5.74) is 4.87. The summed E-state index contributed by atoms with van der Waals surface area (Å²) in [6.07, 6.45) is 0. The van der Waals surface area contributed by atoms with Crippen molar-refractivity contribution in [1.29, 1.82) is 0 Å². The molecule has 0 saturated carbocycles. The summed E-state index contributed by atoms with van der Waals surface area (Å²) in [6.45, 7) is 1.97. The van der Waals surface area contributed by atoms with E-state index >= 15 is 0 Å². The van der Waals surface area contributed by atoms with Crippen LogP contribution in [-0.4, -0.2) is 14.9 Å². The third-order valence-electron chi connectivity index (χ3n) is 4.12. The second-order valence-corrected chi connectivity index (χ2v) is 6.07. The van der Waals surface area contributed by atoms with Crippen molar-refractivity contribution in [2.75, 3.05) is 0 Å². The molecule has 3 nitrogen and oxygen atoms in total. The van der Waals surface area contributed by atoms with E-state index in [-0.39, 0.29) is 5.82 Å². The van der Waals surface area contributed by atoms with Crippen molar-refractivity contribution in [3.05, 3.63) is 89.2 Å². The maximum Gasteiger partial charge on any atom is 0.176 e. The minimum absolute atomic E-state index is 0.276. The van der Waals surface area contributed by atoms with Crippen molar-refractivity contribution < 1.29 is 9.60 Å². The molecule has 0 radical (unpaired) electrons. The first-order valence-electron chi connectivity index (χ1n) is 8.16. The molecule has 26 heavy (non-hydrogen) atoms. The van der Waals surface area contributed by atoms with Crippen LogP contribution in [0.15, 0.2) is 66.7 Å². The lowest BCUT2D eigenvalue weighted by molar-refractivity contribution is 0.203. The van der Waals surface area contributed by atoms with Crippen LogP contribution in [-0.2, 0) is 0 Å². The molecule has 126 valence electrons. The summed E-state index contributed by atoms with van der Waals surface area (Å²) in [7, 11) is 0. The van der Waals surface area contributed by atoms with Gasteiger partial charge in [-0.15, -0.1) is 0 Å². The van der Waals surface area contributed by atoms with Gasteiger partial charge in [0.2, 0.25) is 0 Å². The molecule has 1 aromatic heterocycles. The summed E-state index contributed by atoms with van der Waals surface area (Å²) >= 11 is 0. The minimum Gasteiger partial charge on any atom is -0.426 e. The number of fused-ring (bicyclic) bond motifs is 1. The highest BCUT2D eigenvalue weighted by atomic mass is 19.1. The standard InChI is InChI=1S/C22H15FN2O/c1-15-2-13-20-21(14-15)25(26)22(24-20)18-9-5-16(6-10-18)3-4-17-7-11-19(23)12-8-17/h2,5-14,26H,1H3. The van der Waals surface area contributed by atoms with Crippen LogP contribution in [0.1, 0.15) is 16.7 Å². The van der Waals surface area contributed by atoms with E-state index in [9.17, 15) is 9.60 Å². The van der Waals surface area contributed by atoms with Gasteiger partial charge in [0.1, 0.15) is 11.3 Å². The average molecular weight is 342 g/mol. The third kappa shape index (κ3) is 3.03. The lowest BCUT2D eigenvalue weighted by Gasteiger charge is -2.01. The van der Waals surface area contributed by atoms with Gasteiger partial charge in [-0.3, -0.25) is 0 Å². The number of aryl methyl sites for hydroxylation is 1. The van der Waals surface area contributed by atoms with Gasteiger partial charge in [0.15, 0.2) is 5.82 Å². The van der Waals surface area contributed by atoms with Crippen molar-refractivity contribution in [1.82, 2.24) is 9.71 Å². The molecule has 0 aliphatic rings. The number of halogens is 1. The van der Waals surface area contributed by atoms with Gasteiger partial charge >= 0.3 is 0 Å². The van der Waals surface area contributed by atoms with Crippen molar-refractivity contribution in [3.63, 3.8) is 0 Å². The summed E-state index contributed by atoms with van der Waals surface area (Å²) in [6, 6.07) is 19.3. The predicted octanol–water partition coefficient (Wildman–Crippen LogP) is 4.79. The molecule has 0 unspecified atom stereocenters. The van der Waals surface area contributed by atoms with Crippen LogP contribution in [0.25, 0.3) is 22.4 Å².